The molecule has 114 valence electrons. The summed E-state index contributed by atoms with van der Waals surface area (Å²) >= 11 is 0. The summed E-state index contributed by atoms with van der Waals surface area (Å²) in [6.07, 6.45) is 6.19. The summed E-state index contributed by atoms with van der Waals surface area (Å²) in [6, 6.07) is 0. The normalized spacial score (nSPS) is 22.8. The highest BCUT2D eigenvalue weighted by molar-refractivity contribution is 4.93. The van der Waals surface area contributed by atoms with Crippen molar-refractivity contribution in [3.63, 3.8) is 0 Å². The van der Waals surface area contributed by atoms with Crippen LogP contribution in [0, 0.1) is 5.41 Å². The van der Waals surface area contributed by atoms with Crippen LogP contribution in [0.5, 0.6) is 0 Å². The Morgan fingerprint density at radius 3 is 3.00 bits per heavy atom. The van der Waals surface area contributed by atoms with Crippen LogP contribution >= 0.6 is 0 Å². The molecule has 1 aromatic heterocycles. The molecule has 1 saturated heterocycles. The lowest BCUT2D eigenvalue weighted by Gasteiger charge is -2.32. The third-order valence-corrected chi connectivity index (χ3v) is 4.05. The molecule has 1 aliphatic heterocycles. The van der Waals surface area contributed by atoms with Gasteiger partial charge in [-0.2, -0.15) is 0 Å². The van der Waals surface area contributed by atoms with Crippen molar-refractivity contribution in [3.8, 4) is 0 Å². The highest BCUT2D eigenvalue weighted by atomic mass is 16.5. The highest BCUT2D eigenvalue weighted by Gasteiger charge is 2.35. The zero-order valence-corrected chi connectivity index (χ0v) is 13.1. The van der Waals surface area contributed by atoms with E-state index >= 15 is 0 Å². The van der Waals surface area contributed by atoms with Gasteiger partial charge in [-0.1, -0.05) is 6.92 Å². The number of ether oxygens (including phenoxy) is 1. The minimum Gasteiger partial charge on any atom is -0.381 e. The van der Waals surface area contributed by atoms with Gasteiger partial charge in [-0.15, -0.1) is 0 Å². The van der Waals surface area contributed by atoms with Gasteiger partial charge in [0.05, 0.1) is 13.2 Å². The number of hydrogen-bond acceptors (Lipinski definition) is 4. The summed E-state index contributed by atoms with van der Waals surface area (Å²) in [7, 11) is 4.22. The van der Waals surface area contributed by atoms with Crippen LogP contribution in [0.4, 0.5) is 0 Å². The van der Waals surface area contributed by atoms with Gasteiger partial charge in [-0.05, 0) is 26.4 Å². The number of aryl methyl sites for hydroxylation is 1. The first-order chi connectivity index (χ1) is 9.65. The molecule has 5 nitrogen and oxygen atoms in total. The second-order valence-corrected chi connectivity index (χ2v) is 6.11. The topological polar surface area (TPSA) is 42.3 Å². The van der Waals surface area contributed by atoms with E-state index in [1.165, 1.54) is 6.42 Å². The average Bonchev–Trinajstić information content (AvgIpc) is 3.01. The monoisotopic (exact) mass is 280 g/mol. The molecule has 0 saturated carbocycles. The molecule has 1 aromatic rings. The van der Waals surface area contributed by atoms with Gasteiger partial charge in [0, 0.05) is 44.6 Å². The fraction of sp³-hybridized carbons (Fsp3) is 0.800. The van der Waals surface area contributed by atoms with Gasteiger partial charge in [0.25, 0.3) is 0 Å². The molecule has 0 aliphatic carbocycles. The van der Waals surface area contributed by atoms with Crippen molar-refractivity contribution in [3.05, 3.63) is 18.2 Å². The van der Waals surface area contributed by atoms with Crippen molar-refractivity contribution in [1.29, 1.82) is 0 Å². The van der Waals surface area contributed by atoms with Crippen molar-refractivity contribution in [2.75, 3.05) is 39.9 Å². The first-order valence-corrected chi connectivity index (χ1v) is 7.58. The Balaban J connectivity index is 1.88. The van der Waals surface area contributed by atoms with E-state index in [2.05, 4.69) is 33.7 Å². The van der Waals surface area contributed by atoms with Crippen LogP contribution in [0.2, 0.25) is 0 Å². The number of aromatic nitrogens is 2. The zero-order chi connectivity index (χ0) is 14.4. The summed E-state index contributed by atoms with van der Waals surface area (Å²) in [4.78, 5) is 6.77. The van der Waals surface area contributed by atoms with Gasteiger partial charge >= 0.3 is 0 Å². The molecular formula is C15H28N4O. The van der Waals surface area contributed by atoms with Crippen LogP contribution in [0.1, 0.15) is 25.6 Å². The van der Waals surface area contributed by atoms with E-state index in [1.807, 2.05) is 19.4 Å². The number of hydrogen-bond donors (Lipinski definition) is 1. The van der Waals surface area contributed by atoms with Crippen LogP contribution in [0.3, 0.4) is 0 Å². The number of rotatable bonds is 8. The largest absolute Gasteiger partial charge is 0.381 e. The molecule has 2 heterocycles. The molecule has 0 aromatic carbocycles. The second kappa shape index (κ2) is 7.20. The van der Waals surface area contributed by atoms with Gasteiger partial charge in [-0.3, -0.25) is 4.90 Å². The maximum atomic E-state index is 5.66. The first kappa shape index (κ1) is 15.5. The Morgan fingerprint density at radius 2 is 2.40 bits per heavy atom. The fourth-order valence-corrected chi connectivity index (χ4v) is 2.92. The highest BCUT2D eigenvalue weighted by Crippen LogP contribution is 2.29. The van der Waals surface area contributed by atoms with E-state index in [9.17, 15) is 0 Å². The lowest BCUT2D eigenvalue weighted by molar-refractivity contribution is 0.115. The zero-order valence-electron chi connectivity index (χ0n) is 13.1. The van der Waals surface area contributed by atoms with Crippen molar-refractivity contribution in [1.82, 2.24) is 19.8 Å². The molecule has 0 spiro atoms. The molecule has 1 aliphatic rings. The van der Waals surface area contributed by atoms with Gasteiger partial charge in [0.15, 0.2) is 0 Å². The average molecular weight is 280 g/mol. The molecule has 0 amide bonds. The fourth-order valence-electron chi connectivity index (χ4n) is 2.92. The summed E-state index contributed by atoms with van der Waals surface area (Å²) in [5, 5.41) is 3.57. The Hall–Kier alpha value is -0.910. The summed E-state index contributed by atoms with van der Waals surface area (Å²) < 4.78 is 7.75. The van der Waals surface area contributed by atoms with Gasteiger partial charge < -0.3 is 14.6 Å². The first-order valence-electron chi connectivity index (χ1n) is 7.58. The third-order valence-electron chi connectivity index (χ3n) is 4.05. The Morgan fingerprint density at radius 1 is 1.55 bits per heavy atom. The Labute approximate surface area is 122 Å². The van der Waals surface area contributed by atoms with Crippen LogP contribution in [-0.2, 0) is 18.3 Å². The van der Waals surface area contributed by atoms with E-state index in [0.29, 0.717) is 0 Å². The van der Waals surface area contributed by atoms with Gasteiger partial charge in [-0.25, -0.2) is 4.98 Å². The smallest absolute Gasteiger partial charge is 0.122 e. The predicted octanol–water partition coefficient (Wildman–Crippen LogP) is 1.26. The molecule has 5 heteroatoms. The van der Waals surface area contributed by atoms with Crippen LogP contribution in [0.25, 0.3) is 0 Å². The van der Waals surface area contributed by atoms with E-state index in [4.69, 9.17) is 4.74 Å². The van der Waals surface area contributed by atoms with Crippen molar-refractivity contribution >= 4 is 0 Å². The SMILES string of the molecule is CCCNCC1(CN(C)Cc2nccn2C)CCOC1. The molecule has 1 N–H and O–H groups in total. The quantitative estimate of drug-likeness (QED) is 0.728. The van der Waals surface area contributed by atoms with E-state index < -0.39 is 0 Å². The van der Waals surface area contributed by atoms with E-state index in [1.54, 1.807) is 0 Å². The van der Waals surface area contributed by atoms with Crippen LogP contribution in [0.15, 0.2) is 12.4 Å². The van der Waals surface area contributed by atoms with Crippen LogP contribution in [-0.4, -0.2) is 54.3 Å². The molecule has 1 atom stereocenters. The number of nitrogens with one attached hydrogen (secondary N) is 1. The standard InChI is InChI=1S/C15H28N4O/c1-4-6-16-11-15(5-9-20-13-15)12-18(2)10-14-17-7-8-19(14)3/h7-8,16H,4-6,9-13H2,1-3H3. The summed E-state index contributed by atoms with van der Waals surface area (Å²) in [5.41, 5.74) is 0.259. The summed E-state index contributed by atoms with van der Waals surface area (Å²) in [5.74, 6) is 1.11. The number of imidazole rings is 1. The third kappa shape index (κ3) is 4.04. The predicted molar refractivity (Wildman–Crippen MR) is 80.6 cm³/mol. The van der Waals surface area contributed by atoms with Crippen LogP contribution < -0.4 is 5.32 Å². The minimum atomic E-state index is 0.259. The number of nitrogens with zero attached hydrogens (tertiary/aromatic N) is 3. The van der Waals surface area contributed by atoms with Crippen molar-refractivity contribution in [2.45, 2.75) is 26.3 Å². The Bertz CT molecular complexity index is 398. The summed E-state index contributed by atoms with van der Waals surface area (Å²) in [6.45, 7) is 8.04. The maximum Gasteiger partial charge on any atom is 0.122 e. The Kier molecular flexibility index (Phi) is 5.57. The molecule has 2 rings (SSSR count). The van der Waals surface area contributed by atoms with E-state index in [-0.39, 0.29) is 5.41 Å². The van der Waals surface area contributed by atoms with Gasteiger partial charge in [0.1, 0.15) is 5.82 Å². The maximum absolute atomic E-state index is 5.66. The van der Waals surface area contributed by atoms with Gasteiger partial charge in [0.2, 0.25) is 0 Å². The minimum absolute atomic E-state index is 0.259. The van der Waals surface area contributed by atoms with E-state index in [0.717, 1.165) is 51.6 Å². The molecular weight excluding hydrogens is 252 g/mol. The van der Waals surface area contributed by atoms with Crippen molar-refractivity contribution < 1.29 is 4.74 Å². The van der Waals surface area contributed by atoms with Crippen molar-refractivity contribution in [2.24, 2.45) is 12.5 Å². The molecule has 1 fully saturated rings. The molecule has 1 unspecified atom stereocenters. The molecule has 20 heavy (non-hydrogen) atoms. The molecule has 0 bridgehead atoms. The lowest BCUT2D eigenvalue weighted by atomic mass is 9.86. The lowest BCUT2D eigenvalue weighted by Crippen LogP contribution is -2.43. The second-order valence-electron chi connectivity index (χ2n) is 6.11. The molecule has 0 radical (unpaired) electrons.